The molecule has 0 aliphatic rings. The van der Waals surface area contributed by atoms with Crippen molar-refractivity contribution in [3.63, 3.8) is 0 Å². The molecular formula is C19H17N5O. The molecule has 0 saturated carbocycles. The number of para-hydroxylation sites is 3. The van der Waals surface area contributed by atoms with Crippen molar-refractivity contribution in [2.75, 3.05) is 5.73 Å². The standard InChI is InChI=1S/C19H17N5O/c1-11-7-3-6-10-15(11)24-18(20)16(17(25)12(2)23-24)19-21-13-8-4-5-9-14(13)22-19/h3-10H,20H2,1-2H3,(H,21,22). The Hall–Kier alpha value is -3.41. The first-order valence-corrected chi connectivity index (χ1v) is 7.97. The number of imidazole rings is 1. The zero-order chi connectivity index (χ0) is 17.6. The van der Waals surface area contributed by atoms with Crippen molar-refractivity contribution in [3.8, 4) is 17.1 Å². The largest absolute Gasteiger partial charge is 0.383 e. The van der Waals surface area contributed by atoms with Gasteiger partial charge in [-0.25, -0.2) is 9.67 Å². The van der Waals surface area contributed by atoms with Gasteiger partial charge >= 0.3 is 0 Å². The molecule has 2 heterocycles. The Morgan fingerprint density at radius 2 is 1.76 bits per heavy atom. The van der Waals surface area contributed by atoms with Crippen molar-refractivity contribution in [2.45, 2.75) is 13.8 Å². The number of fused-ring (bicyclic) bond motifs is 1. The molecule has 0 bridgehead atoms. The van der Waals surface area contributed by atoms with Crippen molar-refractivity contribution >= 4 is 16.9 Å². The highest BCUT2D eigenvalue weighted by molar-refractivity contribution is 5.81. The molecule has 0 amide bonds. The van der Waals surface area contributed by atoms with Crippen LogP contribution in [0.1, 0.15) is 11.3 Å². The molecule has 0 aliphatic heterocycles. The summed E-state index contributed by atoms with van der Waals surface area (Å²) in [4.78, 5) is 20.4. The van der Waals surface area contributed by atoms with Gasteiger partial charge in [0.25, 0.3) is 0 Å². The van der Waals surface area contributed by atoms with E-state index in [4.69, 9.17) is 5.73 Å². The first-order chi connectivity index (χ1) is 12.1. The van der Waals surface area contributed by atoms with Crippen molar-refractivity contribution in [1.29, 1.82) is 0 Å². The minimum absolute atomic E-state index is 0.221. The minimum Gasteiger partial charge on any atom is -0.383 e. The number of hydrogen-bond donors (Lipinski definition) is 2. The van der Waals surface area contributed by atoms with Gasteiger partial charge in [-0.1, -0.05) is 30.3 Å². The lowest BCUT2D eigenvalue weighted by molar-refractivity contribution is 0.817. The summed E-state index contributed by atoms with van der Waals surface area (Å²) in [6.07, 6.45) is 0. The number of nitrogens with one attached hydrogen (secondary N) is 1. The Balaban J connectivity index is 2.03. The minimum atomic E-state index is -0.221. The smallest absolute Gasteiger partial charge is 0.216 e. The third-order valence-electron chi connectivity index (χ3n) is 4.26. The van der Waals surface area contributed by atoms with Crippen LogP contribution in [0.5, 0.6) is 0 Å². The maximum atomic E-state index is 12.7. The second-order valence-electron chi connectivity index (χ2n) is 5.98. The molecular weight excluding hydrogens is 314 g/mol. The molecule has 6 nitrogen and oxygen atoms in total. The van der Waals surface area contributed by atoms with Gasteiger partial charge in [0.05, 0.1) is 16.7 Å². The Bertz CT molecular complexity index is 1120. The summed E-state index contributed by atoms with van der Waals surface area (Å²) in [6.45, 7) is 3.66. The molecule has 2 aromatic heterocycles. The van der Waals surface area contributed by atoms with Gasteiger partial charge in [-0.05, 0) is 37.6 Å². The number of H-pyrrole nitrogens is 1. The Kier molecular flexibility index (Phi) is 3.39. The molecule has 0 unspecified atom stereocenters. The fraction of sp³-hybridized carbons (Fsp3) is 0.105. The second kappa shape index (κ2) is 5.59. The first kappa shape index (κ1) is 15.1. The SMILES string of the molecule is Cc1ccccc1-n1nc(C)c(=O)c(-c2nc3ccccc3[nH]2)c1N. The zero-order valence-electron chi connectivity index (χ0n) is 13.9. The summed E-state index contributed by atoms with van der Waals surface area (Å²) in [7, 11) is 0. The summed E-state index contributed by atoms with van der Waals surface area (Å²) in [5.74, 6) is 0.723. The van der Waals surface area contributed by atoms with Crippen molar-refractivity contribution in [2.24, 2.45) is 0 Å². The number of rotatable bonds is 2. The number of nitrogen functional groups attached to an aromatic ring is 1. The lowest BCUT2D eigenvalue weighted by Gasteiger charge is -2.14. The summed E-state index contributed by atoms with van der Waals surface area (Å²) in [6, 6.07) is 15.4. The number of nitrogens with zero attached hydrogens (tertiary/aromatic N) is 3. The van der Waals surface area contributed by atoms with Crippen molar-refractivity contribution < 1.29 is 0 Å². The first-order valence-electron chi connectivity index (χ1n) is 7.97. The van der Waals surface area contributed by atoms with Crippen LogP contribution in [0.3, 0.4) is 0 Å². The van der Waals surface area contributed by atoms with E-state index >= 15 is 0 Å². The van der Waals surface area contributed by atoms with Gasteiger partial charge in [0.1, 0.15) is 22.9 Å². The molecule has 0 atom stereocenters. The van der Waals surface area contributed by atoms with E-state index in [0.717, 1.165) is 22.3 Å². The highest BCUT2D eigenvalue weighted by Gasteiger charge is 2.19. The molecule has 0 spiro atoms. The summed E-state index contributed by atoms with van der Waals surface area (Å²) >= 11 is 0. The monoisotopic (exact) mass is 331 g/mol. The average Bonchev–Trinajstić information content (AvgIpc) is 3.02. The van der Waals surface area contributed by atoms with Gasteiger partial charge in [0, 0.05) is 0 Å². The maximum Gasteiger partial charge on any atom is 0.216 e. The van der Waals surface area contributed by atoms with E-state index in [1.807, 2.05) is 55.5 Å². The second-order valence-corrected chi connectivity index (χ2v) is 5.98. The van der Waals surface area contributed by atoms with Gasteiger partial charge < -0.3 is 10.7 Å². The summed E-state index contributed by atoms with van der Waals surface area (Å²) in [5, 5.41) is 4.38. The van der Waals surface area contributed by atoms with Gasteiger partial charge in [-0.3, -0.25) is 4.79 Å². The van der Waals surface area contributed by atoms with E-state index in [1.165, 1.54) is 0 Å². The van der Waals surface area contributed by atoms with Crippen molar-refractivity contribution in [1.82, 2.24) is 19.7 Å². The molecule has 4 aromatic rings. The fourth-order valence-corrected chi connectivity index (χ4v) is 2.94. The lowest BCUT2D eigenvalue weighted by Crippen LogP contribution is -2.21. The third-order valence-corrected chi connectivity index (χ3v) is 4.26. The normalized spacial score (nSPS) is 11.1. The number of benzene rings is 2. The van der Waals surface area contributed by atoms with Crippen LogP contribution in [0.15, 0.2) is 53.3 Å². The predicted octanol–water partition coefficient (Wildman–Crippen LogP) is 2.97. The number of nitrogens with two attached hydrogens (primary N) is 1. The Labute approximate surface area is 144 Å². The number of aromatic nitrogens is 4. The van der Waals surface area contributed by atoms with Crippen LogP contribution in [-0.4, -0.2) is 19.7 Å². The van der Waals surface area contributed by atoms with E-state index < -0.39 is 0 Å². The van der Waals surface area contributed by atoms with Gasteiger partial charge in [0.15, 0.2) is 0 Å². The zero-order valence-corrected chi connectivity index (χ0v) is 13.9. The molecule has 2 aromatic carbocycles. The molecule has 6 heteroatoms. The van der Waals surface area contributed by atoms with Crippen LogP contribution in [0, 0.1) is 13.8 Å². The van der Waals surface area contributed by atoms with Crippen LogP contribution < -0.4 is 11.2 Å². The molecule has 3 N–H and O–H groups in total. The molecule has 0 fully saturated rings. The highest BCUT2D eigenvalue weighted by atomic mass is 16.1. The number of anilines is 1. The molecule has 124 valence electrons. The van der Waals surface area contributed by atoms with Crippen molar-refractivity contribution in [3.05, 3.63) is 70.0 Å². The van der Waals surface area contributed by atoms with Gasteiger partial charge in [-0.2, -0.15) is 5.10 Å². The molecule has 0 aliphatic carbocycles. The highest BCUT2D eigenvalue weighted by Crippen LogP contribution is 2.25. The van der Waals surface area contributed by atoms with Crippen LogP contribution in [0.2, 0.25) is 0 Å². The summed E-state index contributed by atoms with van der Waals surface area (Å²) in [5.41, 5.74) is 10.3. The number of aromatic amines is 1. The van der Waals surface area contributed by atoms with Gasteiger partial charge in [0.2, 0.25) is 5.43 Å². The summed E-state index contributed by atoms with van der Waals surface area (Å²) < 4.78 is 1.61. The molecule has 4 rings (SSSR count). The Morgan fingerprint density at radius 1 is 1.04 bits per heavy atom. The van der Waals surface area contributed by atoms with Crippen LogP contribution >= 0.6 is 0 Å². The maximum absolute atomic E-state index is 12.7. The van der Waals surface area contributed by atoms with E-state index in [-0.39, 0.29) is 11.2 Å². The lowest BCUT2D eigenvalue weighted by atomic mass is 10.1. The fourth-order valence-electron chi connectivity index (χ4n) is 2.94. The van der Waals surface area contributed by atoms with Crippen LogP contribution in [-0.2, 0) is 0 Å². The van der Waals surface area contributed by atoms with Crippen LogP contribution in [0.25, 0.3) is 28.1 Å². The number of aryl methyl sites for hydroxylation is 2. The quantitative estimate of drug-likeness (QED) is 0.591. The van der Waals surface area contributed by atoms with E-state index in [9.17, 15) is 4.79 Å². The molecule has 0 saturated heterocycles. The Morgan fingerprint density at radius 3 is 2.52 bits per heavy atom. The van der Waals surface area contributed by atoms with E-state index in [1.54, 1.807) is 11.6 Å². The van der Waals surface area contributed by atoms with E-state index in [0.29, 0.717) is 17.1 Å². The molecule has 0 radical (unpaired) electrons. The average molecular weight is 331 g/mol. The van der Waals surface area contributed by atoms with E-state index in [2.05, 4.69) is 15.1 Å². The molecule has 25 heavy (non-hydrogen) atoms. The van der Waals surface area contributed by atoms with Crippen LogP contribution in [0.4, 0.5) is 5.82 Å². The third kappa shape index (κ3) is 2.39. The topological polar surface area (TPSA) is 89.6 Å². The predicted molar refractivity (Wildman–Crippen MR) is 98.8 cm³/mol. The van der Waals surface area contributed by atoms with Gasteiger partial charge in [-0.15, -0.1) is 0 Å². The number of hydrogen-bond acceptors (Lipinski definition) is 4.